The Morgan fingerprint density at radius 3 is 2.56 bits per heavy atom. The molecule has 1 aliphatic rings. The highest BCUT2D eigenvalue weighted by atomic mass is 127. The zero-order valence-electron chi connectivity index (χ0n) is 10.4. The van der Waals surface area contributed by atoms with Crippen molar-refractivity contribution in [1.82, 2.24) is 0 Å². The van der Waals surface area contributed by atoms with Crippen molar-refractivity contribution in [1.29, 1.82) is 0 Å². The number of nitro groups is 1. The van der Waals surface area contributed by atoms with E-state index in [1.807, 2.05) is 34.7 Å². The summed E-state index contributed by atoms with van der Waals surface area (Å²) in [5, 5.41) is 10.8. The first-order chi connectivity index (χ1) is 8.59. The summed E-state index contributed by atoms with van der Waals surface area (Å²) in [5.41, 5.74) is 1.27. The Kier molecular flexibility index (Phi) is 4.42. The zero-order valence-corrected chi connectivity index (χ0v) is 12.6. The lowest BCUT2D eigenvalue weighted by molar-refractivity contribution is -0.385. The van der Waals surface area contributed by atoms with Gasteiger partial charge in [0.25, 0.3) is 5.69 Å². The van der Waals surface area contributed by atoms with Crippen LogP contribution in [0.3, 0.4) is 0 Å². The van der Waals surface area contributed by atoms with E-state index < -0.39 is 0 Å². The number of nitro benzene ring substituents is 1. The van der Waals surface area contributed by atoms with Crippen LogP contribution in [0.25, 0.3) is 0 Å². The SMILES string of the molecule is CN(c1ccc([N+](=O)[O-])c(I)c1)C1CCCCC1. The molecule has 0 bridgehead atoms. The summed E-state index contributed by atoms with van der Waals surface area (Å²) in [6, 6.07) is 5.95. The molecule has 1 aromatic rings. The first-order valence-electron chi connectivity index (χ1n) is 6.26. The van der Waals surface area contributed by atoms with Gasteiger partial charge < -0.3 is 4.90 Å². The van der Waals surface area contributed by atoms with Gasteiger partial charge >= 0.3 is 0 Å². The highest BCUT2D eigenvalue weighted by molar-refractivity contribution is 14.1. The van der Waals surface area contributed by atoms with E-state index >= 15 is 0 Å². The molecule has 0 saturated heterocycles. The van der Waals surface area contributed by atoms with Gasteiger partial charge in [-0.25, -0.2) is 0 Å². The molecule has 98 valence electrons. The van der Waals surface area contributed by atoms with Gasteiger partial charge in [-0.05, 0) is 47.6 Å². The Hall–Kier alpha value is -0.850. The van der Waals surface area contributed by atoms with E-state index in [-0.39, 0.29) is 10.6 Å². The van der Waals surface area contributed by atoms with E-state index in [9.17, 15) is 10.1 Å². The van der Waals surface area contributed by atoms with Gasteiger partial charge in [0.1, 0.15) is 0 Å². The minimum absolute atomic E-state index is 0.191. The monoisotopic (exact) mass is 360 g/mol. The predicted molar refractivity (Wildman–Crippen MR) is 81.1 cm³/mol. The Morgan fingerprint density at radius 1 is 1.33 bits per heavy atom. The normalized spacial score (nSPS) is 16.6. The standard InChI is InChI=1S/C13H17IN2O2/c1-15(10-5-3-2-4-6-10)11-7-8-13(16(17)18)12(14)9-11/h7-10H,2-6H2,1H3. The molecule has 5 heteroatoms. The fourth-order valence-electron chi connectivity index (χ4n) is 2.54. The molecule has 2 rings (SSSR count). The number of benzene rings is 1. The smallest absolute Gasteiger partial charge is 0.282 e. The molecule has 1 aromatic carbocycles. The second kappa shape index (κ2) is 5.86. The number of hydrogen-bond donors (Lipinski definition) is 0. The average molecular weight is 360 g/mol. The Bertz CT molecular complexity index is 445. The van der Waals surface area contributed by atoms with Gasteiger partial charge in [-0.2, -0.15) is 0 Å². The van der Waals surface area contributed by atoms with Crippen LogP contribution in [0.15, 0.2) is 18.2 Å². The fraction of sp³-hybridized carbons (Fsp3) is 0.538. The molecule has 18 heavy (non-hydrogen) atoms. The van der Waals surface area contributed by atoms with Crippen molar-refractivity contribution < 1.29 is 4.92 Å². The lowest BCUT2D eigenvalue weighted by Crippen LogP contribution is -2.33. The average Bonchev–Trinajstić information content (AvgIpc) is 2.38. The third-order valence-corrected chi connectivity index (χ3v) is 4.52. The lowest BCUT2D eigenvalue weighted by Gasteiger charge is -2.33. The van der Waals surface area contributed by atoms with Crippen molar-refractivity contribution in [2.75, 3.05) is 11.9 Å². The molecule has 0 N–H and O–H groups in total. The maximum atomic E-state index is 10.8. The highest BCUT2D eigenvalue weighted by Crippen LogP contribution is 2.30. The minimum atomic E-state index is -0.327. The summed E-state index contributed by atoms with van der Waals surface area (Å²) in [6.07, 6.45) is 6.37. The molecule has 1 aliphatic carbocycles. The number of anilines is 1. The Labute approximate surface area is 121 Å². The van der Waals surface area contributed by atoms with Crippen molar-refractivity contribution in [2.45, 2.75) is 38.1 Å². The summed E-state index contributed by atoms with van der Waals surface area (Å²) in [6.45, 7) is 0. The molecule has 0 unspecified atom stereocenters. The molecular formula is C13H17IN2O2. The Balaban J connectivity index is 2.17. The van der Waals surface area contributed by atoms with Gasteiger partial charge in [-0.15, -0.1) is 0 Å². The Morgan fingerprint density at radius 2 is 2.00 bits per heavy atom. The molecule has 0 aromatic heterocycles. The molecule has 0 heterocycles. The fourth-order valence-corrected chi connectivity index (χ4v) is 3.24. The second-order valence-electron chi connectivity index (χ2n) is 4.80. The maximum Gasteiger partial charge on any atom is 0.282 e. The maximum absolute atomic E-state index is 10.8. The van der Waals surface area contributed by atoms with Crippen molar-refractivity contribution in [3.8, 4) is 0 Å². The van der Waals surface area contributed by atoms with E-state index in [4.69, 9.17) is 0 Å². The molecule has 1 saturated carbocycles. The third-order valence-electron chi connectivity index (χ3n) is 3.66. The van der Waals surface area contributed by atoms with Gasteiger partial charge in [-0.1, -0.05) is 19.3 Å². The molecule has 0 spiro atoms. The molecule has 0 atom stereocenters. The van der Waals surface area contributed by atoms with E-state index in [1.165, 1.54) is 32.1 Å². The van der Waals surface area contributed by atoms with Gasteiger partial charge in [0, 0.05) is 24.8 Å². The molecule has 0 aliphatic heterocycles. The van der Waals surface area contributed by atoms with Crippen LogP contribution < -0.4 is 4.90 Å². The van der Waals surface area contributed by atoms with Crippen molar-refractivity contribution in [3.05, 3.63) is 31.9 Å². The van der Waals surface area contributed by atoms with Crippen molar-refractivity contribution >= 4 is 34.0 Å². The first-order valence-corrected chi connectivity index (χ1v) is 7.34. The molecule has 0 amide bonds. The predicted octanol–water partition coefficient (Wildman–Crippen LogP) is 3.97. The second-order valence-corrected chi connectivity index (χ2v) is 5.96. The number of rotatable bonds is 3. The molecule has 1 fully saturated rings. The topological polar surface area (TPSA) is 46.4 Å². The number of hydrogen-bond acceptors (Lipinski definition) is 3. The quantitative estimate of drug-likeness (QED) is 0.466. The molecular weight excluding hydrogens is 343 g/mol. The van der Waals surface area contributed by atoms with Crippen LogP contribution in [0, 0.1) is 13.7 Å². The van der Waals surface area contributed by atoms with Crippen LogP contribution in [0.1, 0.15) is 32.1 Å². The van der Waals surface area contributed by atoms with E-state index in [2.05, 4.69) is 11.9 Å². The van der Waals surface area contributed by atoms with Gasteiger partial charge in [0.15, 0.2) is 0 Å². The van der Waals surface area contributed by atoms with Crippen LogP contribution in [0.5, 0.6) is 0 Å². The van der Waals surface area contributed by atoms with E-state index in [0.29, 0.717) is 9.61 Å². The third kappa shape index (κ3) is 2.93. The summed E-state index contributed by atoms with van der Waals surface area (Å²) in [4.78, 5) is 12.7. The minimum Gasteiger partial charge on any atom is -0.372 e. The van der Waals surface area contributed by atoms with Crippen molar-refractivity contribution in [2.24, 2.45) is 0 Å². The van der Waals surface area contributed by atoms with E-state index in [0.717, 1.165) is 5.69 Å². The molecule has 0 radical (unpaired) electrons. The summed E-state index contributed by atoms with van der Waals surface area (Å²) in [7, 11) is 2.09. The van der Waals surface area contributed by atoms with Gasteiger partial charge in [0.05, 0.1) is 8.49 Å². The van der Waals surface area contributed by atoms with E-state index in [1.54, 1.807) is 6.07 Å². The summed E-state index contributed by atoms with van der Waals surface area (Å²) < 4.78 is 0.706. The van der Waals surface area contributed by atoms with Crippen LogP contribution in [-0.4, -0.2) is 18.0 Å². The lowest BCUT2D eigenvalue weighted by atomic mass is 9.94. The largest absolute Gasteiger partial charge is 0.372 e. The number of halogens is 1. The molecule has 4 nitrogen and oxygen atoms in total. The number of nitrogens with zero attached hydrogens (tertiary/aromatic N) is 2. The van der Waals surface area contributed by atoms with Crippen LogP contribution >= 0.6 is 22.6 Å². The van der Waals surface area contributed by atoms with Crippen LogP contribution in [0.4, 0.5) is 11.4 Å². The summed E-state index contributed by atoms with van der Waals surface area (Å²) >= 11 is 2.04. The highest BCUT2D eigenvalue weighted by Gasteiger charge is 2.20. The van der Waals surface area contributed by atoms with Gasteiger partial charge in [-0.3, -0.25) is 10.1 Å². The van der Waals surface area contributed by atoms with Crippen molar-refractivity contribution in [3.63, 3.8) is 0 Å². The van der Waals surface area contributed by atoms with Crippen LogP contribution in [-0.2, 0) is 0 Å². The van der Waals surface area contributed by atoms with Gasteiger partial charge in [0.2, 0.25) is 0 Å². The summed E-state index contributed by atoms with van der Waals surface area (Å²) in [5.74, 6) is 0. The zero-order chi connectivity index (χ0) is 13.1. The van der Waals surface area contributed by atoms with Crippen LogP contribution in [0.2, 0.25) is 0 Å². The first kappa shape index (κ1) is 13.6.